The zero-order valence-corrected chi connectivity index (χ0v) is 14.2. The largest absolute Gasteiger partial charge is 0.489 e. The van der Waals surface area contributed by atoms with Crippen LogP contribution in [0.25, 0.3) is 0 Å². The van der Waals surface area contributed by atoms with Crippen molar-refractivity contribution in [2.24, 2.45) is 0 Å². The molecule has 128 valence electrons. The summed E-state index contributed by atoms with van der Waals surface area (Å²) in [4.78, 5) is 12.6. The lowest BCUT2D eigenvalue weighted by molar-refractivity contribution is 0.103. The van der Waals surface area contributed by atoms with Crippen LogP contribution in [-0.2, 0) is 6.61 Å². The summed E-state index contributed by atoms with van der Waals surface area (Å²) < 4.78 is 31.8. The Bertz CT molecular complexity index is 891. The molecule has 0 aliphatic rings. The topological polar surface area (TPSA) is 38.3 Å². The first-order chi connectivity index (χ1) is 12.0. The Labute approximate surface area is 147 Å². The summed E-state index contributed by atoms with van der Waals surface area (Å²) in [5.41, 5.74) is 2.22. The summed E-state index contributed by atoms with van der Waals surface area (Å²) in [6.45, 7) is 2.35. The Hall–Kier alpha value is -2.73. The Morgan fingerprint density at radius 3 is 2.56 bits per heavy atom. The predicted molar refractivity (Wildman–Crippen MR) is 94.1 cm³/mol. The number of carbonyl (C=O) groups is 1. The van der Waals surface area contributed by atoms with E-state index in [0.29, 0.717) is 11.5 Å². The third-order valence-electron chi connectivity index (χ3n) is 3.48. The van der Waals surface area contributed by atoms with Crippen LogP contribution in [0.2, 0.25) is 0 Å². The molecule has 1 N–H and O–H groups in total. The number of carbonyl (C=O) groups excluding carboxylic acids is 1. The fourth-order valence-electron chi connectivity index (χ4n) is 2.14. The third kappa shape index (κ3) is 4.42. The highest BCUT2D eigenvalue weighted by molar-refractivity contribution is 7.12. The fraction of sp³-hybridized carbons (Fsp3) is 0.105. The van der Waals surface area contributed by atoms with Crippen LogP contribution < -0.4 is 10.1 Å². The molecule has 0 aliphatic heterocycles. The first kappa shape index (κ1) is 17.1. The van der Waals surface area contributed by atoms with Crippen LogP contribution in [-0.4, -0.2) is 5.91 Å². The van der Waals surface area contributed by atoms with Gasteiger partial charge >= 0.3 is 0 Å². The molecule has 6 heteroatoms. The molecule has 0 radical (unpaired) electrons. The lowest BCUT2D eigenvalue weighted by atomic mass is 10.2. The van der Waals surface area contributed by atoms with Crippen LogP contribution in [0.1, 0.15) is 20.8 Å². The van der Waals surface area contributed by atoms with E-state index in [1.165, 1.54) is 17.4 Å². The van der Waals surface area contributed by atoms with Gasteiger partial charge in [-0.15, -0.1) is 11.3 Å². The number of halogens is 2. The fourth-order valence-corrected chi connectivity index (χ4v) is 2.93. The minimum atomic E-state index is -1.00. The van der Waals surface area contributed by atoms with Gasteiger partial charge in [0.25, 0.3) is 5.91 Å². The molecule has 0 atom stereocenters. The normalized spacial score (nSPS) is 10.5. The highest BCUT2D eigenvalue weighted by Crippen LogP contribution is 2.20. The zero-order chi connectivity index (χ0) is 17.8. The van der Waals surface area contributed by atoms with Crippen molar-refractivity contribution in [2.75, 3.05) is 5.32 Å². The number of aryl methyl sites for hydroxylation is 1. The maximum atomic E-state index is 13.2. The number of benzene rings is 2. The molecular weight excluding hydrogens is 344 g/mol. The molecule has 3 nitrogen and oxygen atoms in total. The molecule has 2 aromatic carbocycles. The van der Waals surface area contributed by atoms with Gasteiger partial charge in [-0.25, -0.2) is 8.78 Å². The summed E-state index contributed by atoms with van der Waals surface area (Å²) in [7, 11) is 0. The van der Waals surface area contributed by atoms with Gasteiger partial charge < -0.3 is 10.1 Å². The van der Waals surface area contributed by atoms with Crippen LogP contribution in [0.15, 0.2) is 53.9 Å². The summed E-state index contributed by atoms with van der Waals surface area (Å²) in [5.74, 6) is -1.58. The van der Waals surface area contributed by atoms with Gasteiger partial charge in [0.05, 0.1) is 4.88 Å². The molecule has 1 heterocycles. The van der Waals surface area contributed by atoms with E-state index < -0.39 is 11.6 Å². The second kappa shape index (κ2) is 7.44. The van der Waals surface area contributed by atoms with Gasteiger partial charge in [-0.3, -0.25) is 4.79 Å². The number of anilines is 1. The quantitative estimate of drug-likeness (QED) is 0.683. The van der Waals surface area contributed by atoms with Crippen molar-refractivity contribution in [1.82, 2.24) is 0 Å². The first-order valence-corrected chi connectivity index (χ1v) is 8.42. The number of hydrogen-bond donors (Lipinski definition) is 1. The lowest BCUT2D eigenvalue weighted by Crippen LogP contribution is -2.10. The van der Waals surface area contributed by atoms with Crippen molar-refractivity contribution >= 4 is 22.9 Å². The van der Waals surface area contributed by atoms with Crippen molar-refractivity contribution in [2.45, 2.75) is 13.5 Å². The van der Waals surface area contributed by atoms with E-state index in [4.69, 9.17) is 4.74 Å². The molecule has 3 aromatic rings. The minimum absolute atomic E-state index is 0.203. The molecule has 3 rings (SSSR count). The second-order valence-electron chi connectivity index (χ2n) is 5.50. The van der Waals surface area contributed by atoms with Crippen LogP contribution in [0, 0.1) is 18.6 Å². The van der Waals surface area contributed by atoms with E-state index in [-0.39, 0.29) is 11.6 Å². The van der Waals surface area contributed by atoms with Gasteiger partial charge in [0.15, 0.2) is 11.6 Å². The van der Waals surface area contributed by atoms with E-state index in [1.54, 1.807) is 6.07 Å². The smallest absolute Gasteiger partial charge is 0.265 e. The van der Waals surface area contributed by atoms with E-state index in [0.717, 1.165) is 29.0 Å². The van der Waals surface area contributed by atoms with Gasteiger partial charge in [-0.05, 0) is 42.6 Å². The average molecular weight is 359 g/mol. The monoisotopic (exact) mass is 359 g/mol. The maximum absolute atomic E-state index is 13.2. The standard InChI is InChI=1S/C19H15F2NO2S/c1-12-2-5-15(6-3-12)24-10-13-8-18(25-11-13)19(23)22-14-4-7-16(20)17(21)9-14/h2-9,11H,10H2,1H3,(H,22,23). The van der Waals surface area contributed by atoms with Crippen molar-refractivity contribution in [3.63, 3.8) is 0 Å². The van der Waals surface area contributed by atoms with Gasteiger partial charge in [0.2, 0.25) is 0 Å². The minimum Gasteiger partial charge on any atom is -0.489 e. The first-order valence-electron chi connectivity index (χ1n) is 7.54. The predicted octanol–water partition coefficient (Wildman–Crippen LogP) is 5.17. The van der Waals surface area contributed by atoms with Crippen LogP contribution in [0.3, 0.4) is 0 Å². The number of rotatable bonds is 5. The molecule has 0 unspecified atom stereocenters. The van der Waals surface area contributed by atoms with Crippen molar-refractivity contribution in [3.8, 4) is 5.75 Å². The molecule has 1 aromatic heterocycles. The summed E-state index contributed by atoms with van der Waals surface area (Å²) in [5, 5.41) is 4.37. The SMILES string of the molecule is Cc1ccc(OCc2csc(C(=O)Nc3ccc(F)c(F)c3)c2)cc1. The Morgan fingerprint density at radius 1 is 1.08 bits per heavy atom. The van der Waals surface area contributed by atoms with Gasteiger partial charge in [-0.2, -0.15) is 0 Å². The Kier molecular flexibility index (Phi) is 5.09. The third-order valence-corrected chi connectivity index (χ3v) is 4.46. The molecule has 0 saturated heterocycles. The van der Waals surface area contributed by atoms with Crippen LogP contribution in [0.4, 0.5) is 14.5 Å². The number of hydrogen-bond acceptors (Lipinski definition) is 3. The van der Waals surface area contributed by atoms with Crippen molar-refractivity contribution in [3.05, 3.63) is 81.5 Å². The highest BCUT2D eigenvalue weighted by atomic mass is 32.1. The van der Waals surface area contributed by atoms with E-state index in [1.807, 2.05) is 36.6 Å². The van der Waals surface area contributed by atoms with Gasteiger partial charge in [0, 0.05) is 17.3 Å². The van der Waals surface area contributed by atoms with Crippen molar-refractivity contribution < 1.29 is 18.3 Å². The molecule has 0 aliphatic carbocycles. The Balaban J connectivity index is 1.61. The molecule has 0 fully saturated rings. The molecule has 1 amide bonds. The lowest BCUT2D eigenvalue weighted by Gasteiger charge is -2.05. The average Bonchev–Trinajstić information content (AvgIpc) is 3.07. The van der Waals surface area contributed by atoms with Crippen molar-refractivity contribution in [1.29, 1.82) is 0 Å². The number of ether oxygens (including phenoxy) is 1. The molecule has 0 bridgehead atoms. The van der Waals surface area contributed by atoms with E-state index >= 15 is 0 Å². The maximum Gasteiger partial charge on any atom is 0.265 e. The number of thiophene rings is 1. The van der Waals surface area contributed by atoms with E-state index in [9.17, 15) is 13.6 Å². The van der Waals surface area contributed by atoms with Gasteiger partial charge in [0.1, 0.15) is 12.4 Å². The number of amides is 1. The zero-order valence-electron chi connectivity index (χ0n) is 13.4. The second-order valence-corrected chi connectivity index (χ2v) is 6.42. The summed E-state index contributed by atoms with van der Waals surface area (Å²) in [6, 6.07) is 12.6. The number of nitrogens with one attached hydrogen (secondary N) is 1. The molecule has 0 saturated carbocycles. The van der Waals surface area contributed by atoms with Gasteiger partial charge in [-0.1, -0.05) is 17.7 Å². The van der Waals surface area contributed by atoms with E-state index in [2.05, 4.69) is 5.32 Å². The van der Waals surface area contributed by atoms with Crippen LogP contribution in [0.5, 0.6) is 5.75 Å². The Morgan fingerprint density at radius 2 is 1.84 bits per heavy atom. The molecule has 0 spiro atoms. The highest BCUT2D eigenvalue weighted by Gasteiger charge is 2.11. The molecule has 25 heavy (non-hydrogen) atoms. The summed E-state index contributed by atoms with van der Waals surface area (Å²) in [6.07, 6.45) is 0. The molecular formula is C19H15F2NO2S. The van der Waals surface area contributed by atoms with Crippen LogP contribution >= 0.6 is 11.3 Å². The summed E-state index contributed by atoms with van der Waals surface area (Å²) >= 11 is 1.26.